The van der Waals surface area contributed by atoms with E-state index in [9.17, 15) is 9.59 Å². The normalized spacial score (nSPS) is 12.0. The van der Waals surface area contributed by atoms with Gasteiger partial charge in [-0.2, -0.15) is 0 Å². The molecule has 0 heterocycles. The second-order valence-electron chi connectivity index (χ2n) is 10.5. The summed E-state index contributed by atoms with van der Waals surface area (Å²) in [7, 11) is 0. The number of carbonyl (C=O) groups is 2. The Morgan fingerprint density at radius 1 is 0.789 bits per heavy atom. The summed E-state index contributed by atoms with van der Waals surface area (Å²) in [5.41, 5.74) is 6.55. The van der Waals surface area contributed by atoms with Gasteiger partial charge in [0.15, 0.2) is 0 Å². The van der Waals surface area contributed by atoms with Crippen LogP contribution >= 0.6 is 0 Å². The highest BCUT2D eigenvalue weighted by Gasteiger charge is 2.23. The lowest BCUT2D eigenvalue weighted by Crippen LogP contribution is -2.28. The number of likely N-dealkylation sites (N-methyl/N-ethyl adjacent to an activating group) is 1. The summed E-state index contributed by atoms with van der Waals surface area (Å²) in [4.78, 5) is 27.7. The first-order valence-electron chi connectivity index (χ1n) is 15.4. The van der Waals surface area contributed by atoms with Gasteiger partial charge in [0.2, 0.25) is 0 Å². The zero-order valence-electron chi connectivity index (χ0n) is 24.9. The van der Waals surface area contributed by atoms with Crippen molar-refractivity contribution < 1.29 is 19.1 Å². The summed E-state index contributed by atoms with van der Waals surface area (Å²) < 4.78 is 11.1. The lowest BCUT2D eigenvalue weighted by Gasteiger charge is -2.18. The molecule has 1 atom stereocenters. The Labute approximate surface area is 233 Å². The third-order valence-corrected chi connectivity index (χ3v) is 7.33. The Hall–Kier alpha value is -2.08. The van der Waals surface area contributed by atoms with Crippen LogP contribution in [0.3, 0.4) is 0 Å². The van der Waals surface area contributed by atoms with Crippen LogP contribution in [0.2, 0.25) is 0 Å². The molecule has 0 saturated heterocycles. The number of carbonyl (C=O) groups excluding carboxylic acids is 2. The van der Waals surface area contributed by atoms with Crippen molar-refractivity contribution >= 4 is 17.6 Å². The summed E-state index contributed by atoms with van der Waals surface area (Å²) in [6.45, 7) is 11.0. The van der Waals surface area contributed by atoms with Gasteiger partial charge in [0.05, 0.1) is 17.2 Å². The zero-order chi connectivity index (χ0) is 28.0. The second-order valence-corrected chi connectivity index (χ2v) is 10.5. The smallest absolute Gasteiger partial charge is 0.341 e. The molecule has 6 heteroatoms. The monoisotopic (exact) mass is 532 g/mol. The molecule has 38 heavy (non-hydrogen) atoms. The van der Waals surface area contributed by atoms with E-state index in [4.69, 9.17) is 15.2 Å². The fourth-order valence-electron chi connectivity index (χ4n) is 4.78. The maximum Gasteiger partial charge on any atom is 0.341 e. The Balaban J connectivity index is 2.27. The summed E-state index contributed by atoms with van der Waals surface area (Å²) >= 11 is 0. The van der Waals surface area contributed by atoms with Crippen molar-refractivity contribution in [3.8, 4) is 0 Å². The van der Waals surface area contributed by atoms with Crippen molar-refractivity contribution in [3.05, 3.63) is 29.3 Å². The van der Waals surface area contributed by atoms with Gasteiger partial charge in [-0.15, -0.1) is 0 Å². The molecule has 0 aliphatic heterocycles. The molecule has 1 rings (SSSR count). The standard InChI is InChI=1S/C32H56N2O4/c1-5-8-9-10-11-12-13-14-15-16-17-18-19-20-22-27(4)38-31(35)28-23-21-24-29(33)30(28)32(36)37-26-25-34(6-2)7-3/h21,23-24,27H,5-20,22,25-26,33H2,1-4H3. The lowest BCUT2D eigenvalue weighted by atomic mass is 10.0. The van der Waals surface area contributed by atoms with Crippen LogP contribution < -0.4 is 5.73 Å². The predicted octanol–water partition coefficient (Wildman–Crippen LogP) is 8.18. The van der Waals surface area contributed by atoms with E-state index in [0.29, 0.717) is 6.54 Å². The number of esters is 2. The van der Waals surface area contributed by atoms with E-state index in [2.05, 4.69) is 25.7 Å². The molecule has 0 bridgehead atoms. The Morgan fingerprint density at radius 3 is 1.84 bits per heavy atom. The summed E-state index contributed by atoms with van der Waals surface area (Å²) in [5, 5.41) is 0. The number of hydrogen-bond acceptors (Lipinski definition) is 6. The van der Waals surface area contributed by atoms with Gasteiger partial charge < -0.3 is 20.1 Å². The number of ether oxygens (including phenoxy) is 2. The van der Waals surface area contributed by atoms with Crippen LogP contribution in [0.4, 0.5) is 5.69 Å². The molecular formula is C32H56N2O4. The average molecular weight is 533 g/mol. The molecule has 2 N–H and O–H groups in total. The third kappa shape index (κ3) is 14.8. The maximum atomic E-state index is 12.9. The van der Waals surface area contributed by atoms with Crippen LogP contribution in [0.1, 0.15) is 145 Å². The molecule has 218 valence electrons. The number of unbranched alkanes of at least 4 members (excludes halogenated alkanes) is 13. The quantitative estimate of drug-likeness (QED) is 0.0869. The highest BCUT2D eigenvalue weighted by atomic mass is 16.5. The fourth-order valence-corrected chi connectivity index (χ4v) is 4.78. The van der Waals surface area contributed by atoms with Gasteiger partial charge in [0.1, 0.15) is 6.61 Å². The van der Waals surface area contributed by atoms with Crippen molar-refractivity contribution in [1.29, 1.82) is 0 Å². The van der Waals surface area contributed by atoms with Gasteiger partial charge in [-0.3, -0.25) is 0 Å². The SMILES string of the molecule is CCCCCCCCCCCCCCCCC(C)OC(=O)c1cccc(N)c1C(=O)OCCN(CC)CC. The number of hydrogen-bond donors (Lipinski definition) is 1. The van der Waals surface area contributed by atoms with Crippen LogP contribution in [0.5, 0.6) is 0 Å². The minimum absolute atomic E-state index is 0.0979. The fraction of sp³-hybridized carbons (Fsp3) is 0.750. The molecule has 0 aliphatic carbocycles. The topological polar surface area (TPSA) is 81.9 Å². The molecule has 0 saturated carbocycles. The summed E-state index contributed by atoms with van der Waals surface area (Å²) in [5.74, 6) is -1.10. The third-order valence-electron chi connectivity index (χ3n) is 7.33. The molecule has 1 aromatic carbocycles. The molecule has 0 radical (unpaired) electrons. The largest absolute Gasteiger partial charge is 0.461 e. The van der Waals surface area contributed by atoms with Gasteiger partial charge in [0, 0.05) is 12.2 Å². The minimum Gasteiger partial charge on any atom is -0.461 e. The van der Waals surface area contributed by atoms with Crippen molar-refractivity contribution in [2.75, 3.05) is 32.0 Å². The number of nitrogens with two attached hydrogens (primary N) is 1. The number of nitrogens with zero attached hydrogens (tertiary/aromatic N) is 1. The number of nitrogen functional groups attached to an aromatic ring is 1. The molecule has 0 spiro atoms. The first kappa shape index (κ1) is 33.9. The molecule has 1 unspecified atom stereocenters. The minimum atomic E-state index is -0.582. The average Bonchev–Trinajstić information content (AvgIpc) is 2.91. The van der Waals surface area contributed by atoms with Crippen LogP contribution in [-0.2, 0) is 9.47 Å². The van der Waals surface area contributed by atoms with E-state index in [1.807, 2.05) is 6.92 Å². The van der Waals surface area contributed by atoms with E-state index in [1.54, 1.807) is 18.2 Å². The van der Waals surface area contributed by atoms with Gasteiger partial charge in [0.25, 0.3) is 0 Å². The van der Waals surface area contributed by atoms with Gasteiger partial charge in [-0.05, 0) is 45.0 Å². The Kier molecular flexibility index (Phi) is 19.5. The van der Waals surface area contributed by atoms with Crippen LogP contribution in [0, 0.1) is 0 Å². The van der Waals surface area contributed by atoms with E-state index in [0.717, 1.165) is 32.4 Å². The van der Waals surface area contributed by atoms with E-state index in [1.165, 1.54) is 77.0 Å². The molecular weight excluding hydrogens is 476 g/mol. The summed E-state index contributed by atoms with van der Waals surface area (Å²) in [6, 6.07) is 4.85. The molecule has 6 nitrogen and oxygen atoms in total. The number of rotatable bonds is 23. The first-order valence-corrected chi connectivity index (χ1v) is 15.4. The Morgan fingerprint density at radius 2 is 1.32 bits per heavy atom. The number of benzene rings is 1. The second kappa shape index (κ2) is 21.8. The van der Waals surface area contributed by atoms with Crippen molar-refractivity contribution in [3.63, 3.8) is 0 Å². The highest BCUT2D eigenvalue weighted by molar-refractivity contribution is 6.06. The van der Waals surface area contributed by atoms with Crippen molar-refractivity contribution in [1.82, 2.24) is 4.90 Å². The molecule has 0 aromatic heterocycles. The molecule has 1 aromatic rings. The zero-order valence-corrected chi connectivity index (χ0v) is 24.9. The van der Waals surface area contributed by atoms with Gasteiger partial charge >= 0.3 is 11.9 Å². The molecule has 0 aliphatic rings. The van der Waals surface area contributed by atoms with Crippen LogP contribution in [0.15, 0.2) is 18.2 Å². The van der Waals surface area contributed by atoms with Gasteiger partial charge in [-0.1, -0.05) is 110 Å². The summed E-state index contributed by atoms with van der Waals surface area (Å²) in [6.07, 6.45) is 19.1. The maximum absolute atomic E-state index is 12.9. The van der Waals surface area contributed by atoms with E-state index < -0.39 is 11.9 Å². The van der Waals surface area contributed by atoms with Crippen LogP contribution in [-0.4, -0.2) is 49.2 Å². The van der Waals surface area contributed by atoms with Crippen molar-refractivity contribution in [2.24, 2.45) is 0 Å². The first-order chi connectivity index (χ1) is 18.4. The number of anilines is 1. The predicted molar refractivity (Wildman–Crippen MR) is 159 cm³/mol. The Bertz CT molecular complexity index is 764. The van der Waals surface area contributed by atoms with Gasteiger partial charge in [-0.25, -0.2) is 9.59 Å². The molecule has 0 amide bonds. The lowest BCUT2D eigenvalue weighted by molar-refractivity contribution is 0.0305. The molecule has 0 fully saturated rings. The van der Waals surface area contributed by atoms with Crippen LogP contribution in [0.25, 0.3) is 0 Å². The highest BCUT2D eigenvalue weighted by Crippen LogP contribution is 2.21. The van der Waals surface area contributed by atoms with Crippen molar-refractivity contribution in [2.45, 2.75) is 130 Å². The van der Waals surface area contributed by atoms with E-state index in [-0.39, 0.29) is 29.5 Å². The van der Waals surface area contributed by atoms with E-state index >= 15 is 0 Å².